The largest absolute Gasteiger partial charge is 0.455 e. The van der Waals surface area contributed by atoms with Crippen LogP contribution in [0.5, 0.6) is 11.5 Å². The van der Waals surface area contributed by atoms with Crippen LogP contribution < -0.4 is 10.1 Å². The second-order valence-electron chi connectivity index (χ2n) is 6.53. The van der Waals surface area contributed by atoms with E-state index < -0.39 is 0 Å². The molecule has 1 amide bonds. The van der Waals surface area contributed by atoms with Crippen LogP contribution in [0.2, 0.25) is 0 Å². The number of thioether (sulfide) groups is 1. The Hall–Kier alpha value is -3.65. The summed E-state index contributed by atoms with van der Waals surface area (Å²) in [4.78, 5) is 16.7. The monoisotopic (exact) mass is 431 g/mol. The van der Waals surface area contributed by atoms with Gasteiger partial charge < -0.3 is 14.6 Å². The number of para-hydroxylation sites is 3. The van der Waals surface area contributed by atoms with Crippen molar-refractivity contribution >= 4 is 23.4 Å². The molecule has 0 saturated heterocycles. The number of anilines is 1. The lowest BCUT2D eigenvalue weighted by Crippen LogP contribution is -2.15. The Bertz CT molecular complexity index is 1150. The van der Waals surface area contributed by atoms with Gasteiger partial charge in [-0.2, -0.15) is 0 Å². The Morgan fingerprint density at radius 1 is 1.00 bits per heavy atom. The van der Waals surface area contributed by atoms with Crippen LogP contribution in [0.15, 0.2) is 84.3 Å². The van der Waals surface area contributed by atoms with Crippen LogP contribution in [0.4, 0.5) is 5.69 Å². The third kappa shape index (κ3) is 5.10. The number of benzene rings is 2. The summed E-state index contributed by atoms with van der Waals surface area (Å²) in [5.41, 5.74) is 1.55. The van der Waals surface area contributed by atoms with Gasteiger partial charge in [-0.05, 0) is 43.3 Å². The molecule has 31 heavy (non-hydrogen) atoms. The van der Waals surface area contributed by atoms with Crippen molar-refractivity contribution in [1.82, 2.24) is 19.7 Å². The maximum absolute atomic E-state index is 12.6. The zero-order chi connectivity index (χ0) is 21.5. The van der Waals surface area contributed by atoms with Crippen LogP contribution in [0.3, 0.4) is 0 Å². The molecule has 0 bridgehead atoms. The smallest absolute Gasteiger partial charge is 0.234 e. The van der Waals surface area contributed by atoms with Gasteiger partial charge in [-0.25, -0.2) is 0 Å². The Balaban J connectivity index is 1.42. The third-order valence-electron chi connectivity index (χ3n) is 4.44. The Morgan fingerprint density at radius 3 is 2.52 bits per heavy atom. The molecule has 7 nitrogen and oxygen atoms in total. The lowest BCUT2D eigenvalue weighted by molar-refractivity contribution is -0.113. The molecule has 1 N–H and O–H groups in total. The topological polar surface area (TPSA) is 81.9 Å². The SMILES string of the molecule is CCn1c(SCC(=O)Nc2ccccc2Oc2ccccc2)nnc1-c1ccncc1. The number of amides is 1. The molecule has 156 valence electrons. The zero-order valence-electron chi connectivity index (χ0n) is 16.9. The lowest BCUT2D eigenvalue weighted by atomic mass is 10.2. The van der Waals surface area contributed by atoms with Crippen LogP contribution in [0.1, 0.15) is 6.92 Å². The summed E-state index contributed by atoms with van der Waals surface area (Å²) in [6, 6.07) is 20.6. The fourth-order valence-corrected chi connectivity index (χ4v) is 3.79. The Kier molecular flexibility index (Phi) is 6.59. The van der Waals surface area contributed by atoms with E-state index in [0.717, 1.165) is 11.4 Å². The van der Waals surface area contributed by atoms with E-state index in [1.807, 2.05) is 78.2 Å². The molecule has 4 aromatic rings. The molecule has 0 fully saturated rings. The molecular formula is C23H21N5O2S. The van der Waals surface area contributed by atoms with Crippen LogP contribution >= 0.6 is 11.8 Å². The molecule has 0 radical (unpaired) electrons. The number of pyridine rings is 1. The molecule has 0 atom stereocenters. The highest BCUT2D eigenvalue weighted by Gasteiger charge is 2.15. The maximum Gasteiger partial charge on any atom is 0.234 e. The van der Waals surface area contributed by atoms with E-state index in [-0.39, 0.29) is 11.7 Å². The number of aromatic nitrogens is 4. The molecule has 0 aliphatic heterocycles. The predicted octanol–water partition coefficient (Wildman–Crippen LogP) is 4.88. The molecule has 2 aromatic heterocycles. The maximum atomic E-state index is 12.6. The molecule has 0 spiro atoms. The average molecular weight is 432 g/mol. The summed E-state index contributed by atoms with van der Waals surface area (Å²) in [7, 11) is 0. The highest BCUT2D eigenvalue weighted by molar-refractivity contribution is 7.99. The minimum absolute atomic E-state index is 0.148. The number of carbonyl (C=O) groups excluding carboxylic acids is 1. The molecule has 0 aliphatic carbocycles. The van der Waals surface area contributed by atoms with Crippen molar-refractivity contribution in [3.63, 3.8) is 0 Å². The van der Waals surface area contributed by atoms with Gasteiger partial charge in [0, 0.05) is 24.5 Å². The second kappa shape index (κ2) is 9.90. The van der Waals surface area contributed by atoms with Crippen molar-refractivity contribution < 1.29 is 9.53 Å². The molecule has 8 heteroatoms. The van der Waals surface area contributed by atoms with Gasteiger partial charge in [0.1, 0.15) is 5.75 Å². The minimum Gasteiger partial charge on any atom is -0.455 e. The quantitative estimate of drug-likeness (QED) is 0.400. The number of hydrogen-bond acceptors (Lipinski definition) is 6. The normalized spacial score (nSPS) is 10.6. The number of ether oxygens (including phenoxy) is 1. The average Bonchev–Trinajstić information content (AvgIpc) is 3.23. The van der Waals surface area contributed by atoms with Crippen molar-refractivity contribution in [2.24, 2.45) is 0 Å². The van der Waals surface area contributed by atoms with Crippen LogP contribution in [0.25, 0.3) is 11.4 Å². The summed E-state index contributed by atoms with van der Waals surface area (Å²) in [5, 5.41) is 12.2. The van der Waals surface area contributed by atoms with E-state index in [1.54, 1.807) is 12.4 Å². The van der Waals surface area contributed by atoms with Crippen LogP contribution in [-0.4, -0.2) is 31.4 Å². The second-order valence-corrected chi connectivity index (χ2v) is 7.48. The molecule has 2 heterocycles. The van der Waals surface area contributed by atoms with E-state index in [0.29, 0.717) is 28.9 Å². The summed E-state index contributed by atoms with van der Waals surface area (Å²) in [6.07, 6.45) is 3.44. The van der Waals surface area contributed by atoms with Crippen molar-refractivity contribution in [2.45, 2.75) is 18.6 Å². The molecule has 2 aromatic carbocycles. The Labute approximate surface area is 184 Å². The van der Waals surface area contributed by atoms with E-state index in [2.05, 4.69) is 20.5 Å². The van der Waals surface area contributed by atoms with E-state index in [4.69, 9.17) is 4.74 Å². The molecule has 0 saturated carbocycles. The Morgan fingerprint density at radius 2 is 1.74 bits per heavy atom. The predicted molar refractivity (Wildman–Crippen MR) is 121 cm³/mol. The highest BCUT2D eigenvalue weighted by Crippen LogP contribution is 2.29. The molecule has 4 rings (SSSR count). The summed E-state index contributed by atoms with van der Waals surface area (Å²) >= 11 is 1.35. The molecule has 0 unspecified atom stereocenters. The third-order valence-corrected chi connectivity index (χ3v) is 5.40. The van der Waals surface area contributed by atoms with Crippen LogP contribution in [0, 0.1) is 0 Å². The van der Waals surface area contributed by atoms with Crippen molar-refractivity contribution in [2.75, 3.05) is 11.1 Å². The van der Waals surface area contributed by atoms with Gasteiger partial charge in [-0.15, -0.1) is 10.2 Å². The summed E-state index contributed by atoms with van der Waals surface area (Å²) in [6.45, 7) is 2.72. The number of carbonyl (C=O) groups is 1. The molecule has 0 aliphatic rings. The first-order chi connectivity index (χ1) is 15.2. The lowest BCUT2D eigenvalue weighted by Gasteiger charge is -2.12. The van der Waals surface area contributed by atoms with Gasteiger partial charge in [0.15, 0.2) is 16.7 Å². The number of rotatable bonds is 8. The van der Waals surface area contributed by atoms with E-state index >= 15 is 0 Å². The van der Waals surface area contributed by atoms with E-state index in [1.165, 1.54) is 11.8 Å². The standard InChI is InChI=1S/C23H21N5O2S/c1-2-28-22(17-12-14-24-15-13-17)26-27-23(28)31-16-21(29)25-19-10-6-7-11-20(19)30-18-8-4-3-5-9-18/h3-15H,2,16H2,1H3,(H,25,29). The fraction of sp³-hybridized carbons (Fsp3) is 0.130. The van der Waals surface area contributed by atoms with Crippen LogP contribution in [-0.2, 0) is 11.3 Å². The van der Waals surface area contributed by atoms with Gasteiger partial charge in [0.25, 0.3) is 0 Å². The fourth-order valence-electron chi connectivity index (χ4n) is 2.99. The van der Waals surface area contributed by atoms with Crippen molar-refractivity contribution in [3.05, 3.63) is 79.1 Å². The number of nitrogens with one attached hydrogen (secondary N) is 1. The number of nitrogens with zero attached hydrogens (tertiary/aromatic N) is 4. The van der Waals surface area contributed by atoms with Crippen molar-refractivity contribution in [3.8, 4) is 22.9 Å². The van der Waals surface area contributed by atoms with Crippen molar-refractivity contribution in [1.29, 1.82) is 0 Å². The van der Waals surface area contributed by atoms with E-state index in [9.17, 15) is 4.79 Å². The van der Waals surface area contributed by atoms with Gasteiger partial charge in [0.05, 0.1) is 11.4 Å². The zero-order valence-corrected chi connectivity index (χ0v) is 17.7. The van der Waals surface area contributed by atoms with Gasteiger partial charge in [-0.1, -0.05) is 42.1 Å². The number of hydrogen-bond donors (Lipinski definition) is 1. The molecular weight excluding hydrogens is 410 g/mol. The summed E-state index contributed by atoms with van der Waals surface area (Å²) < 4.78 is 7.89. The minimum atomic E-state index is -0.148. The van der Waals surface area contributed by atoms with Gasteiger partial charge in [0.2, 0.25) is 5.91 Å². The first kappa shape index (κ1) is 20.6. The first-order valence-corrected chi connectivity index (χ1v) is 10.8. The summed E-state index contributed by atoms with van der Waals surface area (Å²) in [5.74, 6) is 2.11. The highest BCUT2D eigenvalue weighted by atomic mass is 32.2. The van der Waals surface area contributed by atoms with Gasteiger partial charge in [-0.3, -0.25) is 9.78 Å². The first-order valence-electron chi connectivity index (χ1n) is 9.82. The van der Waals surface area contributed by atoms with Gasteiger partial charge >= 0.3 is 0 Å².